The van der Waals surface area contributed by atoms with Crippen LogP contribution < -0.4 is 0 Å². The number of thioether (sulfide) groups is 1. The third-order valence-corrected chi connectivity index (χ3v) is 7.21. The van der Waals surface area contributed by atoms with Crippen LogP contribution in [-0.4, -0.2) is 41.3 Å². The molecule has 172 valence electrons. The summed E-state index contributed by atoms with van der Waals surface area (Å²) >= 11 is 1.92. The van der Waals surface area contributed by atoms with E-state index in [-0.39, 0.29) is 6.61 Å². The van der Waals surface area contributed by atoms with Gasteiger partial charge in [0.05, 0.1) is 18.9 Å². The molecule has 0 radical (unpaired) electrons. The van der Waals surface area contributed by atoms with Crippen molar-refractivity contribution < 1.29 is 9.84 Å². The minimum Gasteiger partial charge on any atom is -0.469 e. The number of unbranched alkanes of at least 4 members (excludes halogenated alkanes) is 15. The molecule has 0 aromatic rings. The molecule has 0 aliphatic carbocycles. The van der Waals surface area contributed by atoms with Gasteiger partial charge in [0, 0.05) is 0 Å². The van der Waals surface area contributed by atoms with Gasteiger partial charge in [-0.15, -0.1) is 0 Å². The summed E-state index contributed by atoms with van der Waals surface area (Å²) in [6.45, 7) is 5.03. The molecular formula is C25H49NO2S. The number of nitrogens with zero attached hydrogens (tertiary/aromatic N) is 1. The van der Waals surface area contributed by atoms with E-state index in [2.05, 4.69) is 18.8 Å². The molecule has 0 spiro atoms. The molecule has 1 rings (SSSR count). The molecule has 1 aliphatic heterocycles. The summed E-state index contributed by atoms with van der Waals surface area (Å²) in [4.78, 5) is 4.46. The first-order valence-electron chi connectivity index (χ1n) is 12.7. The van der Waals surface area contributed by atoms with Crippen LogP contribution in [0.1, 0.15) is 123 Å². The van der Waals surface area contributed by atoms with Gasteiger partial charge >= 0.3 is 0 Å². The number of ether oxygens (including phenoxy) is 1. The Morgan fingerprint density at radius 2 is 1.28 bits per heavy atom. The van der Waals surface area contributed by atoms with Crippen LogP contribution in [-0.2, 0) is 4.74 Å². The first-order chi connectivity index (χ1) is 14.3. The van der Waals surface area contributed by atoms with Crippen molar-refractivity contribution in [2.24, 2.45) is 4.99 Å². The lowest BCUT2D eigenvalue weighted by molar-refractivity contribution is 0.0197. The minimum atomic E-state index is -0.426. The summed E-state index contributed by atoms with van der Waals surface area (Å²) < 4.78 is 5.86. The van der Waals surface area contributed by atoms with Gasteiger partial charge in [-0.3, -0.25) is 4.99 Å². The second-order valence-corrected chi connectivity index (χ2v) is 9.97. The van der Waals surface area contributed by atoms with Crippen molar-refractivity contribution in [3.8, 4) is 0 Å². The average molecular weight is 428 g/mol. The molecule has 0 amide bonds. The summed E-state index contributed by atoms with van der Waals surface area (Å²) in [5, 5.41) is 9.46. The Balaban J connectivity index is 1.75. The van der Waals surface area contributed by atoms with Crippen LogP contribution in [0.3, 0.4) is 0 Å². The number of rotatable bonds is 21. The molecule has 0 saturated heterocycles. The molecule has 1 atom stereocenters. The predicted octanol–water partition coefficient (Wildman–Crippen LogP) is 7.55. The molecule has 0 bridgehead atoms. The normalized spacial score (nSPS) is 18.8. The SMILES string of the molecule is CCCCCCCCCCCCCCCCCCSCC1=NCC(CC)(CO)O1. The van der Waals surface area contributed by atoms with Crippen LogP contribution in [0.4, 0.5) is 0 Å². The van der Waals surface area contributed by atoms with Gasteiger partial charge in [0.2, 0.25) is 0 Å². The summed E-state index contributed by atoms with van der Waals surface area (Å²) in [6, 6.07) is 0. The van der Waals surface area contributed by atoms with Crippen molar-refractivity contribution in [3.63, 3.8) is 0 Å². The molecule has 0 aromatic heterocycles. The zero-order valence-electron chi connectivity index (χ0n) is 19.6. The molecule has 1 N–H and O–H groups in total. The molecule has 1 aliphatic rings. The summed E-state index contributed by atoms with van der Waals surface area (Å²) in [5.74, 6) is 2.89. The molecule has 0 fully saturated rings. The first kappa shape index (κ1) is 26.8. The Labute approximate surface area is 185 Å². The predicted molar refractivity (Wildman–Crippen MR) is 130 cm³/mol. The third kappa shape index (κ3) is 13.6. The van der Waals surface area contributed by atoms with Gasteiger partial charge in [0.1, 0.15) is 0 Å². The second-order valence-electron chi connectivity index (χ2n) is 8.86. The van der Waals surface area contributed by atoms with E-state index in [0.29, 0.717) is 6.54 Å². The number of hydrogen-bond donors (Lipinski definition) is 1. The Kier molecular flexibility index (Phi) is 17.1. The van der Waals surface area contributed by atoms with Crippen molar-refractivity contribution >= 4 is 17.7 Å². The van der Waals surface area contributed by atoms with E-state index in [1.54, 1.807) is 0 Å². The molecular weight excluding hydrogens is 378 g/mol. The van der Waals surface area contributed by atoms with Crippen LogP contribution in [0.25, 0.3) is 0 Å². The average Bonchev–Trinajstić information content (AvgIpc) is 3.17. The highest BCUT2D eigenvalue weighted by atomic mass is 32.2. The topological polar surface area (TPSA) is 41.8 Å². The van der Waals surface area contributed by atoms with E-state index in [4.69, 9.17) is 4.74 Å². The maximum Gasteiger partial charge on any atom is 0.194 e. The van der Waals surface area contributed by atoms with E-state index in [1.807, 2.05) is 11.8 Å². The largest absolute Gasteiger partial charge is 0.469 e. The number of hydrogen-bond acceptors (Lipinski definition) is 4. The Hall–Kier alpha value is -0.220. The highest BCUT2D eigenvalue weighted by Crippen LogP contribution is 2.24. The van der Waals surface area contributed by atoms with Gasteiger partial charge in [-0.25, -0.2) is 0 Å². The number of aliphatic imine (C=N–C) groups is 1. The molecule has 4 heteroatoms. The Morgan fingerprint density at radius 3 is 1.69 bits per heavy atom. The van der Waals surface area contributed by atoms with Crippen LogP contribution in [0.15, 0.2) is 4.99 Å². The fraction of sp³-hybridized carbons (Fsp3) is 0.960. The van der Waals surface area contributed by atoms with Crippen molar-refractivity contribution in [3.05, 3.63) is 0 Å². The van der Waals surface area contributed by atoms with Crippen molar-refractivity contribution in [2.75, 3.05) is 24.7 Å². The van der Waals surface area contributed by atoms with Gasteiger partial charge in [0.15, 0.2) is 11.5 Å². The van der Waals surface area contributed by atoms with E-state index in [1.165, 1.54) is 108 Å². The molecule has 3 nitrogen and oxygen atoms in total. The van der Waals surface area contributed by atoms with Crippen molar-refractivity contribution in [1.29, 1.82) is 0 Å². The van der Waals surface area contributed by atoms with Gasteiger partial charge in [-0.1, -0.05) is 110 Å². The fourth-order valence-corrected chi connectivity index (χ4v) is 4.79. The van der Waals surface area contributed by atoms with Gasteiger partial charge in [0.25, 0.3) is 0 Å². The van der Waals surface area contributed by atoms with Gasteiger partial charge in [-0.2, -0.15) is 11.8 Å². The summed E-state index contributed by atoms with van der Waals surface area (Å²) in [7, 11) is 0. The second kappa shape index (κ2) is 18.5. The maximum absolute atomic E-state index is 9.46. The highest BCUT2D eigenvalue weighted by molar-refractivity contribution is 7.99. The molecule has 0 aromatic carbocycles. The Morgan fingerprint density at radius 1 is 0.793 bits per heavy atom. The standard InChI is InChI=1S/C25H49NO2S/c1-3-5-6-7-8-9-10-11-12-13-14-15-16-17-18-19-20-29-21-24-26-22-25(4-2,23-27)28-24/h27H,3-23H2,1-2H3. The maximum atomic E-state index is 9.46. The van der Waals surface area contributed by atoms with E-state index in [9.17, 15) is 5.11 Å². The lowest BCUT2D eigenvalue weighted by Crippen LogP contribution is -2.36. The van der Waals surface area contributed by atoms with Crippen LogP contribution in [0.5, 0.6) is 0 Å². The zero-order chi connectivity index (χ0) is 21.0. The quantitative estimate of drug-likeness (QED) is 0.192. The lowest BCUT2D eigenvalue weighted by Gasteiger charge is -2.24. The van der Waals surface area contributed by atoms with Crippen LogP contribution >= 0.6 is 11.8 Å². The van der Waals surface area contributed by atoms with E-state index in [0.717, 1.165) is 18.1 Å². The minimum absolute atomic E-state index is 0.0697. The van der Waals surface area contributed by atoms with Crippen molar-refractivity contribution in [2.45, 2.75) is 129 Å². The summed E-state index contributed by atoms with van der Waals surface area (Å²) in [6.07, 6.45) is 23.6. The first-order valence-corrected chi connectivity index (χ1v) is 13.8. The smallest absolute Gasteiger partial charge is 0.194 e. The highest BCUT2D eigenvalue weighted by Gasteiger charge is 2.35. The Bertz CT molecular complexity index is 396. The van der Waals surface area contributed by atoms with Crippen LogP contribution in [0, 0.1) is 0 Å². The molecule has 1 unspecified atom stereocenters. The van der Waals surface area contributed by atoms with Gasteiger partial charge in [-0.05, 0) is 18.6 Å². The number of aliphatic hydroxyl groups excluding tert-OH is 1. The zero-order valence-corrected chi connectivity index (χ0v) is 20.4. The third-order valence-electron chi connectivity index (χ3n) is 6.18. The van der Waals surface area contributed by atoms with E-state index < -0.39 is 5.60 Å². The monoisotopic (exact) mass is 427 g/mol. The molecule has 29 heavy (non-hydrogen) atoms. The lowest BCUT2D eigenvalue weighted by atomic mass is 10.0. The van der Waals surface area contributed by atoms with Crippen LogP contribution in [0.2, 0.25) is 0 Å². The molecule has 0 saturated carbocycles. The summed E-state index contributed by atoms with van der Waals surface area (Å²) in [5.41, 5.74) is -0.426. The van der Waals surface area contributed by atoms with E-state index >= 15 is 0 Å². The van der Waals surface area contributed by atoms with Crippen molar-refractivity contribution in [1.82, 2.24) is 0 Å². The fourth-order valence-electron chi connectivity index (χ4n) is 3.91. The number of aliphatic hydroxyl groups is 1. The van der Waals surface area contributed by atoms with Gasteiger partial charge < -0.3 is 9.84 Å². The molecule has 1 heterocycles.